The van der Waals surface area contributed by atoms with Crippen molar-refractivity contribution >= 4 is 11.8 Å². The van der Waals surface area contributed by atoms with Crippen molar-refractivity contribution in [3.8, 4) is 5.75 Å². The van der Waals surface area contributed by atoms with Crippen molar-refractivity contribution in [2.45, 2.75) is 26.4 Å². The molecule has 26 heavy (non-hydrogen) atoms. The maximum absolute atomic E-state index is 13.1. The van der Waals surface area contributed by atoms with E-state index in [1.807, 2.05) is 25.1 Å². The Morgan fingerprint density at radius 3 is 2.50 bits per heavy atom. The van der Waals surface area contributed by atoms with Gasteiger partial charge in [0.15, 0.2) is 6.61 Å². The normalized spacial score (nSPS) is 11.5. The van der Waals surface area contributed by atoms with Gasteiger partial charge in [-0.25, -0.2) is 4.39 Å². The topological polar surface area (TPSA) is 58.6 Å². The van der Waals surface area contributed by atoms with Gasteiger partial charge in [-0.2, -0.15) is 0 Å². The lowest BCUT2D eigenvalue weighted by molar-refractivity contribution is -0.142. The van der Waals surface area contributed by atoms with Crippen molar-refractivity contribution in [1.29, 1.82) is 0 Å². The standard InChI is InChI=1S/C20H23FN2O3/c1-14-5-4-6-18(11-14)26-13-19(24)23(15(2)20(25)22-3)12-16-7-9-17(21)10-8-16/h4-11,15H,12-13H2,1-3H3,(H,22,25). The molecule has 0 aliphatic heterocycles. The first-order valence-corrected chi connectivity index (χ1v) is 8.35. The SMILES string of the molecule is CNC(=O)C(C)N(Cc1ccc(F)cc1)C(=O)COc1cccc(C)c1. The molecule has 0 aliphatic carbocycles. The van der Waals surface area contributed by atoms with Crippen molar-refractivity contribution < 1.29 is 18.7 Å². The first-order valence-electron chi connectivity index (χ1n) is 8.35. The Bertz CT molecular complexity index is 762. The number of rotatable bonds is 7. The first kappa shape index (κ1) is 19.4. The number of amides is 2. The second-order valence-corrected chi connectivity index (χ2v) is 6.04. The van der Waals surface area contributed by atoms with E-state index in [0.29, 0.717) is 5.75 Å². The smallest absolute Gasteiger partial charge is 0.261 e. The Labute approximate surface area is 152 Å². The molecule has 0 saturated heterocycles. The fourth-order valence-corrected chi connectivity index (χ4v) is 2.51. The molecule has 0 radical (unpaired) electrons. The Balaban J connectivity index is 2.12. The summed E-state index contributed by atoms with van der Waals surface area (Å²) in [5.41, 5.74) is 1.75. The molecule has 0 bridgehead atoms. The predicted molar refractivity (Wildman–Crippen MR) is 97.2 cm³/mol. The van der Waals surface area contributed by atoms with E-state index in [4.69, 9.17) is 4.74 Å². The summed E-state index contributed by atoms with van der Waals surface area (Å²) in [6, 6.07) is 12.5. The number of nitrogens with zero attached hydrogens (tertiary/aromatic N) is 1. The van der Waals surface area contributed by atoms with E-state index >= 15 is 0 Å². The van der Waals surface area contributed by atoms with Crippen LogP contribution in [0.3, 0.4) is 0 Å². The zero-order valence-electron chi connectivity index (χ0n) is 15.2. The second kappa shape index (κ2) is 8.99. The van der Waals surface area contributed by atoms with Gasteiger partial charge in [0, 0.05) is 13.6 Å². The van der Waals surface area contributed by atoms with Crippen molar-refractivity contribution in [1.82, 2.24) is 10.2 Å². The number of aryl methyl sites for hydroxylation is 1. The summed E-state index contributed by atoms with van der Waals surface area (Å²) < 4.78 is 18.7. The predicted octanol–water partition coefficient (Wildman–Crippen LogP) is 2.68. The third-order valence-corrected chi connectivity index (χ3v) is 4.03. The Kier molecular flexibility index (Phi) is 6.72. The Morgan fingerprint density at radius 2 is 1.88 bits per heavy atom. The highest BCUT2D eigenvalue weighted by Gasteiger charge is 2.25. The molecular weight excluding hydrogens is 335 g/mol. The van der Waals surface area contributed by atoms with Crippen LogP contribution in [0.2, 0.25) is 0 Å². The molecule has 0 heterocycles. The lowest BCUT2D eigenvalue weighted by atomic mass is 10.1. The molecule has 0 spiro atoms. The van der Waals surface area contributed by atoms with Gasteiger partial charge in [-0.1, -0.05) is 24.3 Å². The molecule has 2 aromatic rings. The van der Waals surface area contributed by atoms with Gasteiger partial charge in [0.1, 0.15) is 17.6 Å². The molecule has 1 atom stereocenters. The van der Waals surface area contributed by atoms with Crippen LogP contribution in [-0.2, 0) is 16.1 Å². The number of nitrogens with one attached hydrogen (secondary N) is 1. The Morgan fingerprint density at radius 1 is 1.19 bits per heavy atom. The van der Waals surface area contributed by atoms with Crippen LogP contribution in [0.5, 0.6) is 5.75 Å². The van der Waals surface area contributed by atoms with E-state index in [-0.39, 0.29) is 30.8 Å². The zero-order valence-corrected chi connectivity index (χ0v) is 15.2. The average Bonchev–Trinajstić information content (AvgIpc) is 2.64. The minimum Gasteiger partial charge on any atom is -0.484 e. The minimum absolute atomic E-state index is 0.185. The van der Waals surface area contributed by atoms with Crippen LogP contribution >= 0.6 is 0 Å². The third kappa shape index (κ3) is 5.31. The number of benzene rings is 2. The maximum Gasteiger partial charge on any atom is 0.261 e. The van der Waals surface area contributed by atoms with Crippen LogP contribution in [0.15, 0.2) is 48.5 Å². The first-order chi connectivity index (χ1) is 12.4. The van der Waals surface area contributed by atoms with Gasteiger partial charge in [0.2, 0.25) is 5.91 Å². The van der Waals surface area contributed by atoms with Gasteiger partial charge in [0.25, 0.3) is 5.91 Å². The van der Waals surface area contributed by atoms with Gasteiger partial charge >= 0.3 is 0 Å². The lowest BCUT2D eigenvalue weighted by Gasteiger charge is -2.28. The molecule has 2 amide bonds. The highest BCUT2D eigenvalue weighted by molar-refractivity contribution is 5.87. The van der Waals surface area contributed by atoms with Crippen molar-refractivity contribution in [2.75, 3.05) is 13.7 Å². The summed E-state index contributed by atoms with van der Waals surface area (Å²) in [7, 11) is 1.52. The number of carbonyl (C=O) groups excluding carboxylic acids is 2. The summed E-state index contributed by atoms with van der Waals surface area (Å²) in [6.45, 7) is 3.58. The largest absolute Gasteiger partial charge is 0.484 e. The fraction of sp³-hybridized carbons (Fsp3) is 0.300. The van der Waals surface area contributed by atoms with Gasteiger partial charge < -0.3 is 15.0 Å². The highest BCUT2D eigenvalue weighted by atomic mass is 19.1. The van der Waals surface area contributed by atoms with E-state index in [1.54, 1.807) is 25.1 Å². The van der Waals surface area contributed by atoms with Crippen LogP contribution in [0.1, 0.15) is 18.1 Å². The lowest BCUT2D eigenvalue weighted by Crippen LogP contribution is -2.48. The summed E-state index contributed by atoms with van der Waals surface area (Å²) in [4.78, 5) is 26.1. The molecule has 2 aromatic carbocycles. The number of likely N-dealkylation sites (N-methyl/N-ethyl adjacent to an activating group) is 1. The number of ether oxygens (including phenoxy) is 1. The number of hydrogen-bond donors (Lipinski definition) is 1. The van der Waals surface area contributed by atoms with Gasteiger partial charge in [-0.3, -0.25) is 9.59 Å². The second-order valence-electron chi connectivity index (χ2n) is 6.04. The summed E-state index contributed by atoms with van der Waals surface area (Å²) >= 11 is 0. The van der Waals surface area contributed by atoms with Crippen molar-refractivity contribution in [3.63, 3.8) is 0 Å². The van der Waals surface area contributed by atoms with E-state index in [1.165, 1.54) is 24.1 Å². The molecule has 5 nitrogen and oxygen atoms in total. The van der Waals surface area contributed by atoms with Gasteiger partial charge in [0.05, 0.1) is 0 Å². The quantitative estimate of drug-likeness (QED) is 0.828. The summed E-state index contributed by atoms with van der Waals surface area (Å²) in [6.07, 6.45) is 0. The highest BCUT2D eigenvalue weighted by Crippen LogP contribution is 2.14. The van der Waals surface area contributed by atoms with E-state index in [0.717, 1.165) is 11.1 Å². The molecule has 1 N–H and O–H groups in total. The van der Waals surface area contributed by atoms with E-state index in [9.17, 15) is 14.0 Å². The van der Waals surface area contributed by atoms with E-state index in [2.05, 4.69) is 5.32 Å². The monoisotopic (exact) mass is 358 g/mol. The maximum atomic E-state index is 13.1. The third-order valence-electron chi connectivity index (χ3n) is 4.03. The van der Waals surface area contributed by atoms with Crippen LogP contribution in [0, 0.1) is 12.7 Å². The average molecular weight is 358 g/mol. The molecule has 0 saturated carbocycles. The van der Waals surface area contributed by atoms with Gasteiger partial charge in [-0.15, -0.1) is 0 Å². The molecule has 0 aliphatic rings. The molecule has 2 rings (SSSR count). The fourth-order valence-electron chi connectivity index (χ4n) is 2.51. The van der Waals surface area contributed by atoms with Crippen LogP contribution < -0.4 is 10.1 Å². The van der Waals surface area contributed by atoms with Crippen LogP contribution in [-0.4, -0.2) is 36.4 Å². The molecule has 0 aromatic heterocycles. The Hall–Kier alpha value is -2.89. The van der Waals surface area contributed by atoms with Crippen LogP contribution in [0.4, 0.5) is 4.39 Å². The van der Waals surface area contributed by atoms with E-state index < -0.39 is 6.04 Å². The van der Waals surface area contributed by atoms with Gasteiger partial charge in [-0.05, 0) is 49.2 Å². The summed E-state index contributed by atoms with van der Waals surface area (Å²) in [5.74, 6) is -0.371. The van der Waals surface area contributed by atoms with Crippen molar-refractivity contribution in [3.05, 3.63) is 65.5 Å². The zero-order chi connectivity index (χ0) is 19.1. The molecular formula is C20H23FN2O3. The molecule has 6 heteroatoms. The molecule has 138 valence electrons. The number of hydrogen-bond acceptors (Lipinski definition) is 3. The summed E-state index contributed by atoms with van der Waals surface area (Å²) in [5, 5.41) is 2.54. The number of carbonyl (C=O) groups is 2. The molecule has 1 unspecified atom stereocenters. The van der Waals surface area contributed by atoms with Crippen LogP contribution in [0.25, 0.3) is 0 Å². The number of halogens is 1. The van der Waals surface area contributed by atoms with Crippen molar-refractivity contribution in [2.24, 2.45) is 0 Å². The minimum atomic E-state index is -0.682. The molecule has 0 fully saturated rings.